The molecule has 3 aromatic rings. The Bertz CT molecular complexity index is 1060. The van der Waals surface area contributed by atoms with Crippen molar-refractivity contribution in [3.63, 3.8) is 0 Å². The van der Waals surface area contributed by atoms with E-state index in [1.165, 1.54) is 12.1 Å². The molecule has 0 saturated heterocycles. The quantitative estimate of drug-likeness (QED) is 0.514. The monoisotopic (exact) mass is 416 g/mol. The van der Waals surface area contributed by atoms with Crippen LogP contribution in [-0.2, 0) is 10.0 Å². The highest BCUT2D eigenvalue weighted by Gasteiger charge is 2.13. The number of benzene rings is 1. The summed E-state index contributed by atoms with van der Waals surface area (Å²) < 4.78 is 34.6. The van der Waals surface area contributed by atoms with Crippen molar-refractivity contribution in [3.05, 3.63) is 54.4 Å². The number of hydrogen-bond donors (Lipinski definition) is 2. The maximum atomic E-state index is 12.4. The molecule has 0 radical (unpaired) electrons. The van der Waals surface area contributed by atoms with E-state index in [9.17, 15) is 8.42 Å². The van der Waals surface area contributed by atoms with Gasteiger partial charge in [-0.05, 0) is 45.0 Å². The fraction of sp³-hybridized carbons (Fsp3) is 0.316. The number of ether oxygens (including phenoxy) is 1. The molecule has 2 N–H and O–H groups in total. The molecular weight excluding hydrogens is 392 g/mol. The van der Waals surface area contributed by atoms with Crippen LogP contribution in [-0.4, -0.2) is 47.6 Å². The predicted octanol–water partition coefficient (Wildman–Crippen LogP) is 2.07. The molecule has 1 aromatic carbocycles. The number of imidazole rings is 1. The van der Waals surface area contributed by atoms with Crippen LogP contribution in [0, 0.1) is 13.8 Å². The topological polar surface area (TPSA) is 111 Å². The van der Waals surface area contributed by atoms with Gasteiger partial charge in [0.2, 0.25) is 10.0 Å². The van der Waals surface area contributed by atoms with E-state index in [1.54, 1.807) is 31.3 Å². The first-order chi connectivity index (χ1) is 13.9. The predicted molar refractivity (Wildman–Crippen MR) is 110 cm³/mol. The Morgan fingerprint density at radius 3 is 2.52 bits per heavy atom. The molecule has 0 aliphatic carbocycles. The molecule has 2 aromatic heterocycles. The number of sulfonamides is 1. The Labute approximate surface area is 170 Å². The standard InChI is InChI=1S/C19H24N6O3S/c1-4-28-16-5-7-17(8-6-16)29(26,27)22-10-9-21-18-13-19(24-14(2)23-18)25-12-11-20-15(25)3/h5-8,11-13,22H,4,9-10H2,1-3H3,(H,21,23,24). The van der Waals surface area contributed by atoms with Crippen molar-refractivity contribution in [2.75, 3.05) is 25.0 Å². The second-order valence-electron chi connectivity index (χ2n) is 6.23. The molecule has 29 heavy (non-hydrogen) atoms. The van der Waals surface area contributed by atoms with Gasteiger partial charge < -0.3 is 10.1 Å². The molecule has 0 unspecified atom stereocenters. The Morgan fingerprint density at radius 1 is 1.10 bits per heavy atom. The van der Waals surface area contributed by atoms with Gasteiger partial charge in [-0.25, -0.2) is 28.1 Å². The second-order valence-corrected chi connectivity index (χ2v) is 8.00. The largest absolute Gasteiger partial charge is 0.494 e. The van der Waals surface area contributed by atoms with Crippen LogP contribution >= 0.6 is 0 Å². The molecule has 0 amide bonds. The summed E-state index contributed by atoms with van der Waals surface area (Å²) >= 11 is 0. The summed E-state index contributed by atoms with van der Waals surface area (Å²) in [6.07, 6.45) is 3.53. The third kappa shape index (κ3) is 5.30. The minimum absolute atomic E-state index is 0.191. The number of rotatable bonds is 9. The fourth-order valence-electron chi connectivity index (χ4n) is 2.73. The highest BCUT2D eigenvalue weighted by Crippen LogP contribution is 2.16. The molecule has 3 rings (SSSR count). The smallest absolute Gasteiger partial charge is 0.240 e. The van der Waals surface area contributed by atoms with Gasteiger partial charge in [-0.15, -0.1) is 0 Å². The van der Waals surface area contributed by atoms with Crippen molar-refractivity contribution in [3.8, 4) is 11.6 Å². The zero-order valence-corrected chi connectivity index (χ0v) is 17.4. The zero-order chi connectivity index (χ0) is 20.9. The van der Waals surface area contributed by atoms with Crippen molar-refractivity contribution in [2.45, 2.75) is 25.7 Å². The van der Waals surface area contributed by atoms with Crippen LogP contribution < -0.4 is 14.8 Å². The Kier molecular flexibility index (Phi) is 6.45. The summed E-state index contributed by atoms with van der Waals surface area (Å²) in [6, 6.07) is 8.12. The van der Waals surface area contributed by atoms with Gasteiger partial charge >= 0.3 is 0 Å². The van der Waals surface area contributed by atoms with Gasteiger partial charge in [-0.3, -0.25) is 4.57 Å². The minimum Gasteiger partial charge on any atom is -0.494 e. The van der Waals surface area contributed by atoms with Crippen LogP contribution in [0.15, 0.2) is 47.6 Å². The Hall–Kier alpha value is -2.98. The number of aryl methyl sites for hydroxylation is 2. The van der Waals surface area contributed by atoms with Crippen LogP contribution in [0.3, 0.4) is 0 Å². The maximum Gasteiger partial charge on any atom is 0.240 e. The van der Waals surface area contributed by atoms with Crippen molar-refractivity contribution in [1.82, 2.24) is 24.2 Å². The third-order valence-corrected chi connectivity index (χ3v) is 5.54. The summed E-state index contributed by atoms with van der Waals surface area (Å²) in [5, 5.41) is 3.13. The van der Waals surface area contributed by atoms with Gasteiger partial charge in [0.1, 0.15) is 29.0 Å². The summed E-state index contributed by atoms with van der Waals surface area (Å²) in [7, 11) is -3.59. The van der Waals surface area contributed by atoms with E-state index in [2.05, 4.69) is 25.0 Å². The SMILES string of the molecule is CCOc1ccc(S(=O)(=O)NCCNc2cc(-n3ccnc3C)nc(C)n2)cc1. The number of hydrogen-bond acceptors (Lipinski definition) is 7. The maximum absolute atomic E-state index is 12.4. The van der Waals surface area contributed by atoms with Crippen LogP contribution in [0.1, 0.15) is 18.6 Å². The zero-order valence-electron chi connectivity index (χ0n) is 16.6. The lowest BCUT2D eigenvalue weighted by molar-refractivity contribution is 0.340. The minimum atomic E-state index is -3.59. The number of nitrogens with zero attached hydrogens (tertiary/aromatic N) is 4. The number of aromatic nitrogens is 4. The Balaban J connectivity index is 1.59. The first-order valence-electron chi connectivity index (χ1n) is 9.21. The van der Waals surface area contributed by atoms with E-state index < -0.39 is 10.0 Å². The van der Waals surface area contributed by atoms with E-state index in [0.717, 1.165) is 5.82 Å². The number of anilines is 1. The molecule has 0 fully saturated rings. The van der Waals surface area contributed by atoms with Crippen LogP contribution in [0.2, 0.25) is 0 Å². The van der Waals surface area contributed by atoms with E-state index in [0.29, 0.717) is 36.4 Å². The first-order valence-corrected chi connectivity index (χ1v) is 10.7. The van der Waals surface area contributed by atoms with Crippen molar-refractivity contribution in [1.29, 1.82) is 0 Å². The lowest BCUT2D eigenvalue weighted by atomic mass is 10.3. The van der Waals surface area contributed by atoms with Crippen molar-refractivity contribution < 1.29 is 13.2 Å². The summed E-state index contributed by atoms with van der Waals surface area (Å²) in [4.78, 5) is 13.1. The molecule has 0 bridgehead atoms. The fourth-order valence-corrected chi connectivity index (χ4v) is 3.76. The van der Waals surface area contributed by atoms with Crippen LogP contribution in [0.5, 0.6) is 5.75 Å². The third-order valence-electron chi connectivity index (χ3n) is 4.07. The van der Waals surface area contributed by atoms with Gasteiger partial charge in [0.25, 0.3) is 0 Å². The van der Waals surface area contributed by atoms with Gasteiger partial charge in [0, 0.05) is 31.5 Å². The van der Waals surface area contributed by atoms with Crippen LogP contribution in [0.4, 0.5) is 5.82 Å². The average molecular weight is 417 g/mol. The van der Waals surface area contributed by atoms with Crippen molar-refractivity contribution in [2.24, 2.45) is 0 Å². The normalized spacial score (nSPS) is 11.4. The van der Waals surface area contributed by atoms with E-state index >= 15 is 0 Å². The molecule has 2 heterocycles. The molecule has 10 heteroatoms. The molecule has 9 nitrogen and oxygen atoms in total. The number of nitrogens with one attached hydrogen (secondary N) is 2. The lowest BCUT2D eigenvalue weighted by Gasteiger charge is -2.11. The Morgan fingerprint density at radius 2 is 1.86 bits per heavy atom. The highest BCUT2D eigenvalue weighted by molar-refractivity contribution is 7.89. The molecule has 0 atom stereocenters. The molecule has 0 spiro atoms. The average Bonchev–Trinajstić information content (AvgIpc) is 3.12. The van der Waals surface area contributed by atoms with E-state index in [1.807, 2.05) is 24.6 Å². The second kappa shape index (κ2) is 9.01. The van der Waals surface area contributed by atoms with Crippen LogP contribution in [0.25, 0.3) is 5.82 Å². The molecular formula is C19H24N6O3S. The van der Waals surface area contributed by atoms with Gasteiger partial charge in [-0.1, -0.05) is 0 Å². The van der Waals surface area contributed by atoms with Crippen molar-refractivity contribution >= 4 is 15.8 Å². The first kappa shape index (κ1) is 20.7. The molecule has 154 valence electrons. The highest BCUT2D eigenvalue weighted by atomic mass is 32.2. The van der Waals surface area contributed by atoms with Gasteiger partial charge in [-0.2, -0.15) is 0 Å². The van der Waals surface area contributed by atoms with Gasteiger partial charge in [0.05, 0.1) is 11.5 Å². The molecule has 0 aliphatic rings. The molecule has 0 saturated carbocycles. The summed E-state index contributed by atoms with van der Waals surface area (Å²) in [5.41, 5.74) is 0. The lowest BCUT2D eigenvalue weighted by Crippen LogP contribution is -2.29. The summed E-state index contributed by atoms with van der Waals surface area (Å²) in [6.45, 7) is 6.67. The van der Waals surface area contributed by atoms with Gasteiger partial charge in [0.15, 0.2) is 0 Å². The summed E-state index contributed by atoms with van der Waals surface area (Å²) in [5.74, 6) is 3.37. The molecule has 0 aliphatic heterocycles. The van der Waals surface area contributed by atoms with E-state index in [-0.39, 0.29) is 11.4 Å². The van der Waals surface area contributed by atoms with E-state index in [4.69, 9.17) is 4.74 Å².